The van der Waals surface area contributed by atoms with Gasteiger partial charge in [-0.05, 0) is 72.3 Å². The molecule has 0 fully saturated rings. The van der Waals surface area contributed by atoms with Gasteiger partial charge in [0.15, 0.2) is 0 Å². The van der Waals surface area contributed by atoms with Crippen LogP contribution in [0.5, 0.6) is 0 Å². The summed E-state index contributed by atoms with van der Waals surface area (Å²) < 4.78 is 7.56. The van der Waals surface area contributed by atoms with Crippen molar-refractivity contribution in [3.63, 3.8) is 0 Å². The first-order valence-corrected chi connectivity index (χ1v) is 15.3. The zero-order valence-corrected chi connectivity index (χ0v) is 24.0. The van der Waals surface area contributed by atoms with Gasteiger partial charge in [0.1, 0.15) is 11.3 Å². The van der Waals surface area contributed by atoms with Crippen molar-refractivity contribution in [2.45, 2.75) is 31.2 Å². The lowest BCUT2D eigenvalue weighted by Crippen LogP contribution is -2.34. The van der Waals surface area contributed by atoms with Crippen LogP contribution in [0.25, 0.3) is 44.3 Å². The summed E-state index contributed by atoms with van der Waals surface area (Å²) in [6, 6.07) is 30.5. The van der Waals surface area contributed by atoms with Crippen molar-refractivity contribution in [2.24, 2.45) is 5.73 Å². The number of rotatable bonds is 2. The van der Waals surface area contributed by atoms with E-state index >= 15 is 0 Å². The smallest absolute Gasteiger partial charge is 0.134 e. The summed E-state index contributed by atoms with van der Waals surface area (Å²) >= 11 is 1.87. The number of nitrogens with zero attached hydrogens (tertiary/aromatic N) is 1. The normalized spacial score (nSPS) is 20.4. The van der Waals surface area contributed by atoms with Crippen LogP contribution in [-0.4, -0.2) is 0 Å². The van der Waals surface area contributed by atoms with Gasteiger partial charge in [0.25, 0.3) is 0 Å². The highest BCUT2D eigenvalue weighted by Gasteiger charge is 2.51. The second-order valence-electron chi connectivity index (χ2n) is 11.9. The molecule has 204 valence electrons. The Morgan fingerprint density at radius 3 is 2.69 bits per heavy atom. The minimum Gasteiger partial charge on any atom is -0.460 e. The topological polar surface area (TPSA) is 68.4 Å². The van der Waals surface area contributed by atoms with Gasteiger partial charge in [0.2, 0.25) is 0 Å². The van der Waals surface area contributed by atoms with E-state index in [1.54, 1.807) is 0 Å². The molecule has 2 unspecified atom stereocenters. The number of thiophene rings is 1. The standard InChI is InChI=1S/C37H29N3OS/c1-37-18-17-33-34(24-7-2-5-12-32(24)42-33)36(37)40(29-11-4-3-9-27(29)37)35-23(8-6-10-28(35)39)21-13-15-30-25(19-21)26-20-22(38)14-16-31(26)41-30/h2-13,15,17-20,36H,14,16,38-39H2,1H3. The number of aryl methyl sites for hydroxylation is 1. The molecule has 6 aromatic rings. The summed E-state index contributed by atoms with van der Waals surface area (Å²) in [4.78, 5) is 3.84. The number of furan rings is 1. The van der Waals surface area contributed by atoms with Crippen molar-refractivity contribution in [2.75, 3.05) is 10.6 Å². The molecular weight excluding hydrogens is 534 g/mol. The van der Waals surface area contributed by atoms with E-state index in [2.05, 4.69) is 109 Å². The van der Waals surface area contributed by atoms with E-state index in [4.69, 9.17) is 15.9 Å². The van der Waals surface area contributed by atoms with Crippen molar-refractivity contribution in [3.8, 4) is 11.1 Å². The van der Waals surface area contributed by atoms with Crippen molar-refractivity contribution < 1.29 is 4.42 Å². The van der Waals surface area contributed by atoms with Gasteiger partial charge in [0.05, 0.1) is 17.4 Å². The Hall–Kier alpha value is -4.74. The number of anilines is 3. The Morgan fingerprint density at radius 1 is 0.905 bits per heavy atom. The number of allylic oxidation sites excluding steroid dienone is 1. The average Bonchev–Trinajstić information content (AvgIpc) is 3.64. The average molecular weight is 564 g/mol. The first-order chi connectivity index (χ1) is 20.5. The number of hydrogen-bond acceptors (Lipinski definition) is 5. The molecule has 9 rings (SSSR count). The Balaban J connectivity index is 1.31. The third kappa shape index (κ3) is 3.12. The number of hydrogen-bond donors (Lipinski definition) is 2. The van der Waals surface area contributed by atoms with E-state index in [9.17, 15) is 0 Å². The molecule has 0 bridgehead atoms. The van der Waals surface area contributed by atoms with Gasteiger partial charge in [-0.1, -0.05) is 60.7 Å². The van der Waals surface area contributed by atoms with E-state index < -0.39 is 0 Å². The second-order valence-corrected chi connectivity index (χ2v) is 13.0. The molecule has 0 radical (unpaired) electrons. The Morgan fingerprint density at radius 2 is 1.76 bits per heavy atom. The van der Waals surface area contributed by atoms with Crippen LogP contribution >= 0.6 is 11.3 Å². The minimum atomic E-state index is -0.219. The molecule has 4 nitrogen and oxygen atoms in total. The number of nitrogen functional groups attached to an aromatic ring is 1. The Labute approximate surface area is 248 Å². The summed E-state index contributed by atoms with van der Waals surface area (Å²) in [6.45, 7) is 2.38. The minimum absolute atomic E-state index is 0.0580. The first kappa shape index (κ1) is 23.9. The van der Waals surface area contributed by atoms with Crippen LogP contribution < -0.4 is 16.4 Å². The molecule has 0 saturated heterocycles. The van der Waals surface area contributed by atoms with Crippen LogP contribution in [-0.2, 0) is 11.8 Å². The molecule has 4 aromatic carbocycles. The molecule has 2 aromatic heterocycles. The predicted octanol–water partition coefficient (Wildman–Crippen LogP) is 9.32. The van der Waals surface area contributed by atoms with E-state index in [-0.39, 0.29) is 11.5 Å². The van der Waals surface area contributed by atoms with Gasteiger partial charge < -0.3 is 20.8 Å². The Bertz CT molecular complexity index is 2170. The summed E-state index contributed by atoms with van der Waals surface area (Å²) in [5, 5.41) is 2.42. The monoisotopic (exact) mass is 563 g/mol. The molecule has 0 amide bonds. The van der Waals surface area contributed by atoms with Crippen molar-refractivity contribution >= 4 is 61.6 Å². The summed E-state index contributed by atoms with van der Waals surface area (Å²) in [5.74, 6) is 1.01. The fraction of sp³-hybridized carbons (Fsp3) is 0.135. The maximum Gasteiger partial charge on any atom is 0.134 e. The summed E-state index contributed by atoms with van der Waals surface area (Å²) in [6.07, 6.45) is 8.49. The van der Waals surface area contributed by atoms with Gasteiger partial charge in [0, 0.05) is 54.9 Å². The SMILES string of the molecule is CC12C=Cc3sc4ccccc4c3C1N(c1c(N)cccc1-c1ccc3oc4c(c3c1)C=C(N)CC4)c1ccccc12. The lowest BCUT2D eigenvalue weighted by molar-refractivity contribution is 0.503. The largest absolute Gasteiger partial charge is 0.460 e. The predicted molar refractivity (Wildman–Crippen MR) is 176 cm³/mol. The molecule has 2 aliphatic carbocycles. The third-order valence-corrected chi connectivity index (χ3v) is 10.6. The number of fused-ring (bicyclic) bond motifs is 10. The molecule has 0 spiro atoms. The van der Waals surface area contributed by atoms with E-state index in [0.717, 1.165) is 63.3 Å². The highest BCUT2D eigenvalue weighted by molar-refractivity contribution is 7.20. The molecule has 42 heavy (non-hydrogen) atoms. The van der Waals surface area contributed by atoms with Crippen LogP contribution in [0, 0.1) is 0 Å². The zero-order valence-electron chi connectivity index (χ0n) is 23.2. The summed E-state index contributed by atoms with van der Waals surface area (Å²) in [7, 11) is 0. The first-order valence-electron chi connectivity index (χ1n) is 14.5. The molecule has 0 saturated carbocycles. The molecule has 2 atom stereocenters. The maximum absolute atomic E-state index is 6.99. The van der Waals surface area contributed by atoms with Crippen LogP contribution in [0.4, 0.5) is 17.1 Å². The van der Waals surface area contributed by atoms with Gasteiger partial charge in [-0.2, -0.15) is 0 Å². The van der Waals surface area contributed by atoms with Gasteiger partial charge in [-0.25, -0.2) is 0 Å². The second kappa shape index (κ2) is 8.40. The van der Waals surface area contributed by atoms with Crippen LogP contribution in [0.2, 0.25) is 0 Å². The van der Waals surface area contributed by atoms with Gasteiger partial charge >= 0.3 is 0 Å². The van der Waals surface area contributed by atoms with E-state index in [1.165, 1.54) is 31.8 Å². The van der Waals surface area contributed by atoms with Gasteiger partial charge in [-0.3, -0.25) is 0 Å². The number of para-hydroxylation sites is 2. The van der Waals surface area contributed by atoms with Crippen LogP contribution in [0.1, 0.15) is 46.7 Å². The number of nitrogens with two attached hydrogens (primary N) is 2. The third-order valence-electron chi connectivity index (χ3n) is 9.48. The molecule has 4 N–H and O–H groups in total. The fourth-order valence-electron chi connectivity index (χ4n) is 7.55. The summed E-state index contributed by atoms with van der Waals surface area (Å²) in [5.41, 5.74) is 23.9. The molecular formula is C37H29N3OS. The lowest BCUT2D eigenvalue weighted by Gasteiger charge is -2.39. The molecule has 1 aliphatic heterocycles. The number of benzene rings is 4. The highest BCUT2D eigenvalue weighted by Crippen LogP contribution is 2.62. The Kier molecular flexibility index (Phi) is 4.78. The van der Waals surface area contributed by atoms with Crippen molar-refractivity contribution in [3.05, 3.63) is 124 Å². The highest BCUT2D eigenvalue weighted by atomic mass is 32.1. The lowest BCUT2D eigenvalue weighted by atomic mass is 9.72. The quantitative estimate of drug-likeness (QED) is 0.206. The van der Waals surface area contributed by atoms with Crippen LogP contribution in [0.3, 0.4) is 0 Å². The van der Waals surface area contributed by atoms with Crippen molar-refractivity contribution in [1.82, 2.24) is 0 Å². The molecule has 5 heteroatoms. The molecule has 3 aliphatic rings. The fourth-order valence-corrected chi connectivity index (χ4v) is 8.69. The van der Waals surface area contributed by atoms with Crippen LogP contribution in [0.15, 0.2) is 101 Å². The maximum atomic E-state index is 6.99. The van der Waals surface area contributed by atoms with E-state index in [0.29, 0.717) is 0 Å². The van der Waals surface area contributed by atoms with Crippen molar-refractivity contribution in [1.29, 1.82) is 0 Å². The van der Waals surface area contributed by atoms with Gasteiger partial charge in [-0.15, -0.1) is 11.3 Å². The molecule has 3 heterocycles. The zero-order chi connectivity index (χ0) is 28.2. The van der Waals surface area contributed by atoms with E-state index in [1.807, 2.05) is 17.4 Å².